The predicted molar refractivity (Wildman–Crippen MR) is 128 cm³/mol. The van der Waals surface area contributed by atoms with Crippen molar-refractivity contribution < 1.29 is 22.7 Å². The first-order chi connectivity index (χ1) is 16.0. The molecule has 1 aromatic carbocycles. The van der Waals surface area contributed by atoms with Crippen molar-refractivity contribution in [3.05, 3.63) is 24.3 Å². The molecule has 2 fully saturated rings. The molecule has 0 spiro atoms. The molecule has 1 N–H and O–H groups in total. The zero-order valence-electron chi connectivity index (χ0n) is 19.8. The molecule has 0 radical (unpaired) electrons. The molecule has 0 aliphatic carbocycles. The van der Waals surface area contributed by atoms with Crippen LogP contribution in [0.4, 0.5) is 0 Å². The maximum Gasteiger partial charge on any atom is 0.243 e. The maximum atomic E-state index is 12.7. The third kappa shape index (κ3) is 7.95. The van der Waals surface area contributed by atoms with Crippen LogP contribution in [0.5, 0.6) is 5.75 Å². The van der Waals surface area contributed by atoms with E-state index >= 15 is 0 Å². The molecular formula is C24H39N3O5S. The summed E-state index contributed by atoms with van der Waals surface area (Å²) in [6, 6.07) is 6.61. The van der Waals surface area contributed by atoms with Crippen molar-refractivity contribution in [3.8, 4) is 5.75 Å². The average molecular weight is 482 g/mol. The summed E-state index contributed by atoms with van der Waals surface area (Å²) in [5.41, 5.74) is 0. The normalized spacial score (nSPS) is 20.5. The van der Waals surface area contributed by atoms with Gasteiger partial charge in [0.2, 0.25) is 15.9 Å². The molecule has 1 amide bonds. The lowest BCUT2D eigenvalue weighted by atomic mass is 9.97. The van der Waals surface area contributed by atoms with Gasteiger partial charge in [0.1, 0.15) is 12.4 Å². The van der Waals surface area contributed by atoms with Gasteiger partial charge in [-0.05, 0) is 50.1 Å². The molecule has 1 aromatic rings. The number of sulfonamides is 1. The van der Waals surface area contributed by atoms with E-state index in [1.54, 1.807) is 24.3 Å². The van der Waals surface area contributed by atoms with Gasteiger partial charge in [-0.3, -0.25) is 9.69 Å². The molecule has 2 aliphatic rings. The van der Waals surface area contributed by atoms with E-state index in [-0.39, 0.29) is 16.7 Å². The Morgan fingerprint density at radius 3 is 2.61 bits per heavy atom. The second-order valence-electron chi connectivity index (χ2n) is 8.83. The fourth-order valence-electron chi connectivity index (χ4n) is 4.32. The smallest absolute Gasteiger partial charge is 0.243 e. The summed E-state index contributed by atoms with van der Waals surface area (Å²) in [6.45, 7) is 7.57. The van der Waals surface area contributed by atoms with E-state index in [2.05, 4.69) is 17.1 Å². The molecule has 0 bridgehead atoms. The van der Waals surface area contributed by atoms with E-state index < -0.39 is 10.0 Å². The van der Waals surface area contributed by atoms with Gasteiger partial charge in [0.15, 0.2) is 0 Å². The van der Waals surface area contributed by atoms with Crippen LogP contribution in [0.2, 0.25) is 0 Å². The number of piperidine rings is 1. The number of carbonyl (C=O) groups is 1. The molecule has 2 heterocycles. The minimum absolute atomic E-state index is 0.0506. The van der Waals surface area contributed by atoms with Crippen LogP contribution in [-0.4, -0.2) is 82.6 Å². The standard InChI is InChI=1S/C24H39N3O5S/c1-2-3-4-5-12-25-24(28)21-7-6-13-26(20-21)14-19-32-22-8-10-23(11-9-22)33(29,30)27-15-17-31-18-16-27/h8-11,21H,2-7,12-20H2,1H3,(H,25,28). The number of carbonyl (C=O) groups excluding carboxylic acids is 1. The molecule has 186 valence electrons. The first-order valence-corrected chi connectivity index (χ1v) is 13.8. The van der Waals surface area contributed by atoms with Crippen LogP contribution in [0.15, 0.2) is 29.2 Å². The van der Waals surface area contributed by atoms with Gasteiger partial charge in [0.05, 0.1) is 24.0 Å². The number of unbranched alkanes of at least 4 members (excludes halogenated alkanes) is 3. The number of morpholine rings is 1. The van der Waals surface area contributed by atoms with Crippen molar-refractivity contribution in [2.24, 2.45) is 5.92 Å². The highest BCUT2D eigenvalue weighted by Gasteiger charge is 2.27. The Hall–Kier alpha value is -1.68. The zero-order valence-corrected chi connectivity index (χ0v) is 20.7. The van der Waals surface area contributed by atoms with E-state index in [0.717, 1.165) is 45.4 Å². The first kappa shape index (κ1) is 25.9. The number of amides is 1. The third-order valence-electron chi connectivity index (χ3n) is 6.31. The second-order valence-corrected chi connectivity index (χ2v) is 10.8. The molecule has 33 heavy (non-hydrogen) atoms. The summed E-state index contributed by atoms with van der Waals surface area (Å²) in [5.74, 6) is 0.873. The molecular weight excluding hydrogens is 442 g/mol. The molecule has 1 unspecified atom stereocenters. The average Bonchev–Trinajstić information content (AvgIpc) is 2.85. The molecule has 0 saturated carbocycles. The molecule has 3 rings (SSSR count). The monoisotopic (exact) mass is 481 g/mol. The lowest BCUT2D eigenvalue weighted by Crippen LogP contribution is -2.44. The number of hydrogen-bond donors (Lipinski definition) is 1. The van der Waals surface area contributed by atoms with Crippen LogP contribution in [0.3, 0.4) is 0 Å². The number of hydrogen-bond acceptors (Lipinski definition) is 6. The number of likely N-dealkylation sites (tertiary alicyclic amines) is 1. The molecule has 8 nitrogen and oxygen atoms in total. The summed E-state index contributed by atoms with van der Waals surface area (Å²) >= 11 is 0. The predicted octanol–water partition coefficient (Wildman–Crippen LogP) is 2.49. The number of rotatable bonds is 12. The summed E-state index contributed by atoms with van der Waals surface area (Å²) in [7, 11) is -3.49. The lowest BCUT2D eigenvalue weighted by molar-refractivity contribution is -0.126. The van der Waals surface area contributed by atoms with Gasteiger partial charge in [-0.25, -0.2) is 8.42 Å². The number of nitrogens with one attached hydrogen (secondary N) is 1. The molecule has 1 atom stereocenters. The number of benzene rings is 1. The molecule has 0 aromatic heterocycles. The van der Waals surface area contributed by atoms with Gasteiger partial charge in [-0.15, -0.1) is 0 Å². The van der Waals surface area contributed by atoms with E-state index in [9.17, 15) is 13.2 Å². The van der Waals surface area contributed by atoms with Crippen LogP contribution >= 0.6 is 0 Å². The Kier molecular flexibility index (Phi) is 10.4. The Morgan fingerprint density at radius 1 is 1.12 bits per heavy atom. The van der Waals surface area contributed by atoms with Gasteiger partial charge < -0.3 is 14.8 Å². The van der Waals surface area contributed by atoms with Crippen LogP contribution in [0.25, 0.3) is 0 Å². The van der Waals surface area contributed by atoms with E-state index in [4.69, 9.17) is 9.47 Å². The SMILES string of the molecule is CCCCCCNC(=O)C1CCCN(CCOc2ccc(S(=O)(=O)N3CCOCC3)cc2)C1. The van der Waals surface area contributed by atoms with E-state index in [0.29, 0.717) is 38.7 Å². The van der Waals surface area contributed by atoms with Crippen molar-refractivity contribution >= 4 is 15.9 Å². The molecule has 2 saturated heterocycles. The van der Waals surface area contributed by atoms with Crippen LogP contribution in [0.1, 0.15) is 45.4 Å². The van der Waals surface area contributed by atoms with Gasteiger partial charge in [-0.1, -0.05) is 26.2 Å². The van der Waals surface area contributed by atoms with Gasteiger partial charge in [0.25, 0.3) is 0 Å². The Morgan fingerprint density at radius 2 is 1.88 bits per heavy atom. The topological polar surface area (TPSA) is 88.2 Å². The Bertz CT molecular complexity index is 825. The van der Waals surface area contributed by atoms with Crippen LogP contribution in [-0.2, 0) is 19.6 Å². The minimum atomic E-state index is -3.49. The van der Waals surface area contributed by atoms with E-state index in [1.807, 2.05) is 0 Å². The molecule has 2 aliphatic heterocycles. The van der Waals surface area contributed by atoms with Gasteiger partial charge in [-0.2, -0.15) is 4.31 Å². The van der Waals surface area contributed by atoms with Crippen molar-refractivity contribution in [2.45, 2.75) is 50.3 Å². The quantitative estimate of drug-likeness (QED) is 0.462. The largest absolute Gasteiger partial charge is 0.492 e. The zero-order chi connectivity index (χ0) is 23.5. The summed E-state index contributed by atoms with van der Waals surface area (Å²) in [6.07, 6.45) is 6.60. The number of ether oxygens (including phenoxy) is 2. The lowest BCUT2D eigenvalue weighted by Gasteiger charge is -2.31. The number of nitrogens with zero attached hydrogens (tertiary/aromatic N) is 2. The maximum absolute atomic E-state index is 12.7. The van der Waals surface area contributed by atoms with Crippen molar-refractivity contribution in [3.63, 3.8) is 0 Å². The fraction of sp³-hybridized carbons (Fsp3) is 0.708. The van der Waals surface area contributed by atoms with Crippen LogP contribution < -0.4 is 10.1 Å². The summed E-state index contributed by atoms with van der Waals surface area (Å²) < 4.78 is 38.0. The highest BCUT2D eigenvalue weighted by atomic mass is 32.2. The van der Waals surface area contributed by atoms with Crippen LogP contribution in [0, 0.1) is 5.92 Å². The molecule has 9 heteroatoms. The fourth-order valence-corrected chi connectivity index (χ4v) is 5.72. The summed E-state index contributed by atoms with van der Waals surface area (Å²) in [5, 5.41) is 3.10. The second kappa shape index (κ2) is 13.3. The van der Waals surface area contributed by atoms with Gasteiger partial charge >= 0.3 is 0 Å². The minimum Gasteiger partial charge on any atom is -0.492 e. The van der Waals surface area contributed by atoms with Crippen molar-refractivity contribution in [2.75, 3.05) is 59.1 Å². The Labute approximate surface area is 198 Å². The third-order valence-corrected chi connectivity index (χ3v) is 8.23. The van der Waals surface area contributed by atoms with Crippen molar-refractivity contribution in [1.82, 2.24) is 14.5 Å². The highest BCUT2D eigenvalue weighted by Crippen LogP contribution is 2.21. The highest BCUT2D eigenvalue weighted by molar-refractivity contribution is 7.89. The van der Waals surface area contributed by atoms with E-state index in [1.165, 1.54) is 23.6 Å². The summed E-state index contributed by atoms with van der Waals surface area (Å²) in [4.78, 5) is 15.0. The van der Waals surface area contributed by atoms with Gasteiger partial charge in [0, 0.05) is 32.7 Å². The Balaban J connectivity index is 1.39. The first-order valence-electron chi connectivity index (χ1n) is 12.3. The van der Waals surface area contributed by atoms with Crippen molar-refractivity contribution in [1.29, 1.82) is 0 Å².